The molecular weight excluding hydrogens is 474 g/mol. The molecule has 0 unspecified atom stereocenters. The lowest BCUT2D eigenvalue weighted by Crippen LogP contribution is -2.13. The SMILES string of the molecule is NS(=O)(=O)c1cncc(-c2nnc(NCc3c(F)cccc3F)c3c(-c4ccccc4)ccn23)c1. The first-order valence-electron chi connectivity index (χ1n) is 10.4. The van der Waals surface area contributed by atoms with Crippen LogP contribution in [0.15, 0.2) is 84.1 Å². The first kappa shape index (κ1) is 22.6. The van der Waals surface area contributed by atoms with Gasteiger partial charge in [0.1, 0.15) is 16.5 Å². The second-order valence-corrected chi connectivity index (χ2v) is 9.26. The van der Waals surface area contributed by atoms with Crippen LogP contribution in [0.1, 0.15) is 5.56 Å². The summed E-state index contributed by atoms with van der Waals surface area (Å²) in [4.78, 5) is 3.81. The van der Waals surface area contributed by atoms with E-state index in [1.165, 1.54) is 30.5 Å². The Bertz CT molecular complexity index is 1640. The third-order valence-electron chi connectivity index (χ3n) is 5.46. The summed E-state index contributed by atoms with van der Waals surface area (Å²) in [6, 6.07) is 16.4. The van der Waals surface area contributed by atoms with Gasteiger partial charge in [-0.3, -0.25) is 9.38 Å². The maximum atomic E-state index is 14.2. The normalized spacial score (nSPS) is 11.6. The number of pyridine rings is 1. The van der Waals surface area contributed by atoms with Crippen LogP contribution >= 0.6 is 0 Å². The molecule has 8 nitrogen and oxygen atoms in total. The molecule has 3 N–H and O–H groups in total. The minimum atomic E-state index is -3.98. The van der Waals surface area contributed by atoms with Crippen LogP contribution < -0.4 is 10.5 Å². The molecule has 0 aliphatic carbocycles. The summed E-state index contributed by atoms with van der Waals surface area (Å²) >= 11 is 0. The van der Waals surface area contributed by atoms with Gasteiger partial charge in [0, 0.05) is 41.8 Å². The Balaban J connectivity index is 1.67. The third-order valence-corrected chi connectivity index (χ3v) is 6.34. The maximum absolute atomic E-state index is 14.2. The van der Waals surface area contributed by atoms with Crippen LogP contribution in [0.4, 0.5) is 14.6 Å². The van der Waals surface area contributed by atoms with Crippen molar-refractivity contribution in [1.82, 2.24) is 19.6 Å². The molecule has 5 aromatic rings. The number of aromatic nitrogens is 4. The number of nitrogens with one attached hydrogen (secondary N) is 1. The van der Waals surface area contributed by atoms with Gasteiger partial charge in [-0.25, -0.2) is 22.3 Å². The van der Waals surface area contributed by atoms with Gasteiger partial charge >= 0.3 is 0 Å². The highest BCUT2D eigenvalue weighted by Crippen LogP contribution is 2.33. The van der Waals surface area contributed by atoms with E-state index in [0.29, 0.717) is 16.9 Å². The zero-order valence-corrected chi connectivity index (χ0v) is 18.9. The van der Waals surface area contributed by atoms with Crippen LogP contribution in [-0.2, 0) is 16.6 Å². The van der Waals surface area contributed by atoms with Gasteiger partial charge in [-0.05, 0) is 29.8 Å². The van der Waals surface area contributed by atoms with E-state index < -0.39 is 21.7 Å². The number of rotatable bonds is 6. The average Bonchev–Trinajstić information content (AvgIpc) is 3.29. The molecule has 0 bridgehead atoms. The third kappa shape index (κ3) is 4.34. The maximum Gasteiger partial charge on any atom is 0.239 e. The van der Waals surface area contributed by atoms with E-state index in [-0.39, 0.29) is 22.8 Å². The standard InChI is InChI=1S/C24H18F2N6O2S/c25-20-7-4-8-21(26)19(20)14-29-23-22-18(15-5-2-1-3-6-15)9-10-32(22)24(31-30-23)16-11-17(13-28-12-16)35(27,33)34/h1-13H,14H2,(H,29,30)(H2,27,33,34). The zero-order chi connectivity index (χ0) is 24.6. The zero-order valence-electron chi connectivity index (χ0n) is 18.1. The quantitative estimate of drug-likeness (QED) is 0.370. The van der Waals surface area contributed by atoms with Gasteiger partial charge in [-0.1, -0.05) is 36.4 Å². The topological polar surface area (TPSA) is 115 Å². The summed E-state index contributed by atoms with van der Waals surface area (Å²) in [5, 5.41) is 16.8. The molecule has 0 radical (unpaired) electrons. The Morgan fingerprint density at radius 1 is 0.914 bits per heavy atom. The Labute approximate surface area is 199 Å². The van der Waals surface area contributed by atoms with Gasteiger partial charge < -0.3 is 5.32 Å². The second-order valence-electron chi connectivity index (χ2n) is 7.69. The highest BCUT2D eigenvalue weighted by Gasteiger charge is 2.19. The molecular formula is C24H18F2N6O2S. The van der Waals surface area contributed by atoms with Crippen LogP contribution in [0.3, 0.4) is 0 Å². The monoisotopic (exact) mass is 492 g/mol. The van der Waals surface area contributed by atoms with Crippen molar-refractivity contribution in [3.05, 3.63) is 96.5 Å². The number of hydrogen-bond acceptors (Lipinski definition) is 6. The van der Waals surface area contributed by atoms with Crippen molar-refractivity contribution in [1.29, 1.82) is 0 Å². The molecule has 35 heavy (non-hydrogen) atoms. The summed E-state index contributed by atoms with van der Waals surface area (Å²) in [7, 11) is -3.98. The average molecular weight is 493 g/mol. The van der Waals surface area contributed by atoms with Crippen LogP contribution in [0.25, 0.3) is 28.0 Å². The largest absolute Gasteiger partial charge is 0.363 e. The van der Waals surface area contributed by atoms with E-state index in [1.54, 1.807) is 10.6 Å². The lowest BCUT2D eigenvalue weighted by atomic mass is 10.1. The molecule has 0 saturated heterocycles. The summed E-state index contributed by atoms with van der Waals surface area (Å²) in [6.07, 6.45) is 4.34. The Hall–Kier alpha value is -4.22. The molecule has 11 heteroatoms. The fraction of sp³-hybridized carbons (Fsp3) is 0.0417. The Kier molecular flexibility index (Phi) is 5.71. The fourth-order valence-corrected chi connectivity index (χ4v) is 4.28. The molecule has 0 atom stereocenters. The Morgan fingerprint density at radius 2 is 1.66 bits per heavy atom. The van der Waals surface area contributed by atoms with E-state index in [4.69, 9.17) is 5.14 Å². The lowest BCUT2D eigenvalue weighted by molar-refractivity contribution is 0.560. The predicted octanol–water partition coefficient (Wildman–Crippen LogP) is 4.00. The molecule has 5 rings (SSSR count). The number of fused-ring (bicyclic) bond motifs is 1. The van der Waals surface area contributed by atoms with Crippen molar-refractivity contribution in [3.8, 4) is 22.5 Å². The highest BCUT2D eigenvalue weighted by molar-refractivity contribution is 7.89. The van der Waals surface area contributed by atoms with Crippen molar-refractivity contribution >= 4 is 21.4 Å². The summed E-state index contributed by atoms with van der Waals surface area (Å²) in [6.45, 7) is -0.163. The first-order valence-corrected chi connectivity index (χ1v) is 12.0. The molecule has 0 amide bonds. The predicted molar refractivity (Wildman–Crippen MR) is 127 cm³/mol. The minimum Gasteiger partial charge on any atom is -0.363 e. The number of sulfonamides is 1. The van der Waals surface area contributed by atoms with Crippen molar-refractivity contribution < 1.29 is 17.2 Å². The summed E-state index contributed by atoms with van der Waals surface area (Å²) < 4.78 is 53.7. The van der Waals surface area contributed by atoms with Gasteiger partial charge in [0.05, 0.1) is 5.52 Å². The number of nitrogens with two attached hydrogens (primary N) is 1. The lowest BCUT2D eigenvalue weighted by Gasteiger charge is -2.13. The highest BCUT2D eigenvalue weighted by atomic mass is 32.2. The molecule has 2 aromatic carbocycles. The first-order chi connectivity index (χ1) is 16.8. The fourth-order valence-electron chi connectivity index (χ4n) is 3.78. The van der Waals surface area contributed by atoms with Crippen molar-refractivity contribution in [2.24, 2.45) is 5.14 Å². The number of nitrogens with zero attached hydrogens (tertiary/aromatic N) is 4. The van der Waals surface area contributed by atoms with Gasteiger partial charge in [-0.2, -0.15) is 0 Å². The van der Waals surface area contributed by atoms with E-state index in [2.05, 4.69) is 20.5 Å². The number of anilines is 1. The van der Waals surface area contributed by atoms with Gasteiger partial charge in [-0.15, -0.1) is 10.2 Å². The molecule has 0 fully saturated rings. The van der Waals surface area contributed by atoms with E-state index in [9.17, 15) is 17.2 Å². The molecule has 0 aliphatic rings. The second kappa shape index (κ2) is 8.85. The van der Waals surface area contributed by atoms with Crippen LogP contribution in [-0.4, -0.2) is 28.0 Å². The molecule has 3 heterocycles. The molecule has 0 saturated carbocycles. The molecule has 3 aromatic heterocycles. The number of halogens is 2. The van der Waals surface area contributed by atoms with E-state index in [1.807, 2.05) is 36.4 Å². The number of benzene rings is 2. The van der Waals surface area contributed by atoms with Gasteiger partial charge in [0.15, 0.2) is 11.6 Å². The van der Waals surface area contributed by atoms with Crippen LogP contribution in [0.2, 0.25) is 0 Å². The summed E-state index contributed by atoms with van der Waals surface area (Å²) in [5.74, 6) is -0.760. The van der Waals surface area contributed by atoms with Gasteiger partial charge in [0.25, 0.3) is 0 Å². The van der Waals surface area contributed by atoms with Crippen molar-refractivity contribution in [2.75, 3.05) is 5.32 Å². The number of primary sulfonamides is 1. The van der Waals surface area contributed by atoms with E-state index in [0.717, 1.165) is 17.3 Å². The number of hydrogen-bond donors (Lipinski definition) is 2. The molecule has 0 spiro atoms. The van der Waals surface area contributed by atoms with Gasteiger partial charge in [0.2, 0.25) is 10.0 Å². The van der Waals surface area contributed by atoms with Crippen LogP contribution in [0.5, 0.6) is 0 Å². The van der Waals surface area contributed by atoms with Crippen molar-refractivity contribution in [2.45, 2.75) is 11.4 Å². The van der Waals surface area contributed by atoms with E-state index >= 15 is 0 Å². The smallest absolute Gasteiger partial charge is 0.239 e. The Morgan fingerprint density at radius 3 is 2.37 bits per heavy atom. The molecule has 176 valence electrons. The minimum absolute atomic E-state index is 0.130. The molecule has 0 aliphatic heterocycles. The van der Waals surface area contributed by atoms with Crippen LogP contribution in [0, 0.1) is 11.6 Å². The summed E-state index contributed by atoms with van der Waals surface area (Å²) in [5.41, 5.74) is 2.49. The van der Waals surface area contributed by atoms with Crippen molar-refractivity contribution in [3.63, 3.8) is 0 Å².